The Morgan fingerprint density at radius 3 is 2.72 bits per heavy atom. The van der Waals surface area contributed by atoms with E-state index >= 15 is 0 Å². The number of methoxy groups -OCH3 is 2. The fraction of sp³-hybridized carbons (Fsp3) is 0.350. The van der Waals surface area contributed by atoms with Gasteiger partial charge in [-0.05, 0) is 35.7 Å². The van der Waals surface area contributed by atoms with Crippen LogP contribution < -0.4 is 19.7 Å². The zero-order valence-corrected chi connectivity index (χ0v) is 14.7. The summed E-state index contributed by atoms with van der Waals surface area (Å²) in [4.78, 5) is 14.3. The van der Waals surface area contributed by atoms with Crippen molar-refractivity contribution < 1.29 is 14.3 Å². The number of hydrogen-bond acceptors (Lipinski definition) is 4. The lowest BCUT2D eigenvalue weighted by atomic mass is 10.2. The minimum atomic E-state index is 0.171. The highest BCUT2D eigenvalue weighted by atomic mass is 16.5. The van der Waals surface area contributed by atoms with Crippen LogP contribution in [0.5, 0.6) is 11.5 Å². The van der Waals surface area contributed by atoms with Crippen LogP contribution in [0.4, 0.5) is 5.69 Å². The number of nitrogens with one attached hydrogen (secondary N) is 1. The average molecular weight is 340 g/mol. The standard InChI is InChI=1S/C20H24N2O3/c1-24-18-8-7-15(13-19(18)25-2)14-21-11-9-20(23)22-12-10-16-5-3-4-6-17(16)22/h3-8,13,21H,9-12,14H2,1-2H3. The summed E-state index contributed by atoms with van der Waals surface area (Å²) in [6.07, 6.45) is 1.43. The van der Waals surface area contributed by atoms with Gasteiger partial charge in [0.1, 0.15) is 0 Å². The van der Waals surface area contributed by atoms with Gasteiger partial charge in [0.15, 0.2) is 11.5 Å². The van der Waals surface area contributed by atoms with Crippen LogP contribution in [0.3, 0.4) is 0 Å². The van der Waals surface area contributed by atoms with E-state index in [0.717, 1.165) is 24.2 Å². The first kappa shape index (κ1) is 17.3. The van der Waals surface area contributed by atoms with Gasteiger partial charge in [-0.15, -0.1) is 0 Å². The molecule has 1 heterocycles. The molecule has 0 unspecified atom stereocenters. The second kappa shape index (κ2) is 8.03. The van der Waals surface area contributed by atoms with E-state index in [4.69, 9.17) is 9.47 Å². The maximum absolute atomic E-state index is 12.5. The predicted octanol–water partition coefficient (Wildman–Crippen LogP) is 2.77. The van der Waals surface area contributed by atoms with E-state index < -0.39 is 0 Å². The zero-order chi connectivity index (χ0) is 17.6. The molecule has 0 fully saturated rings. The SMILES string of the molecule is COc1ccc(CNCCC(=O)N2CCc3ccccc32)cc1OC. The van der Waals surface area contributed by atoms with E-state index in [1.165, 1.54) is 5.56 Å². The number of hydrogen-bond donors (Lipinski definition) is 1. The number of para-hydroxylation sites is 1. The van der Waals surface area contributed by atoms with Crippen molar-refractivity contribution in [2.24, 2.45) is 0 Å². The van der Waals surface area contributed by atoms with Crippen LogP contribution in [-0.2, 0) is 17.8 Å². The number of nitrogens with zero attached hydrogens (tertiary/aromatic N) is 1. The Kier molecular flexibility index (Phi) is 5.56. The third-order valence-corrected chi connectivity index (χ3v) is 4.48. The first-order valence-electron chi connectivity index (χ1n) is 8.53. The van der Waals surface area contributed by atoms with Crippen molar-refractivity contribution in [3.63, 3.8) is 0 Å². The minimum absolute atomic E-state index is 0.171. The highest BCUT2D eigenvalue weighted by Gasteiger charge is 2.23. The fourth-order valence-corrected chi connectivity index (χ4v) is 3.15. The van der Waals surface area contributed by atoms with E-state index in [1.54, 1.807) is 14.2 Å². The smallest absolute Gasteiger partial charge is 0.228 e. The van der Waals surface area contributed by atoms with Gasteiger partial charge in [-0.25, -0.2) is 0 Å². The van der Waals surface area contributed by atoms with Crippen LogP contribution in [0.15, 0.2) is 42.5 Å². The van der Waals surface area contributed by atoms with Gasteiger partial charge >= 0.3 is 0 Å². The van der Waals surface area contributed by atoms with Crippen molar-refractivity contribution in [1.29, 1.82) is 0 Å². The second-order valence-electron chi connectivity index (χ2n) is 6.04. The molecular formula is C20H24N2O3. The molecule has 0 radical (unpaired) electrons. The monoisotopic (exact) mass is 340 g/mol. The van der Waals surface area contributed by atoms with Crippen molar-refractivity contribution >= 4 is 11.6 Å². The van der Waals surface area contributed by atoms with E-state index in [-0.39, 0.29) is 5.91 Å². The molecule has 0 saturated heterocycles. The molecule has 1 aliphatic rings. The van der Waals surface area contributed by atoms with E-state index in [9.17, 15) is 4.79 Å². The summed E-state index contributed by atoms with van der Waals surface area (Å²) in [7, 11) is 3.25. The molecule has 25 heavy (non-hydrogen) atoms. The molecular weight excluding hydrogens is 316 g/mol. The summed E-state index contributed by atoms with van der Waals surface area (Å²) in [5.74, 6) is 1.60. The first-order valence-corrected chi connectivity index (χ1v) is 8.53. The molecule has 0 aliphatic carbocycles. The van der Waals surface area contributed by atoms with Gasteiger partial charge < -0.3 is 19.7 Å². The van der Waals surface area contributed by atoms with E-state index in [2.05, 4.69) is 11.4 Å². The first-order chi connectivity index (χ1) is 12.2. The molecule has 0 aromatic heterocycles. The van der Waals surface area contributed by atoms with E-state index in [1.807, 2.05) is 41.3 Å². The van der Waals surface area contributed by atoms with Gasteiger partial charge in [0.05, 0.1) is 14.2 Å². The molecule has 5 nitrogen and oxygen atoms in total. The van der Waals surface area contributed by atoms with Crippen molar-refractivity contribution in [3.05, 3.63) is 53.6 Å². The van der Waals surface area contributed by atoms with Gasteiger partial charge in [0, 0.05) is 31.7 Å². The quantitative estimate of drug-likeness (QED) is 0.788. The normalized spacial score (nSPS) is 12.8. The minimum Gasteiger partial charge on any atom is -0.493 e. The predicted molar refractivity (Wildman–Crippen MR) is 98.4 cm³/mol. The van der Waals surface area contributed by atoms with Crippen molar-refractivity contribution in [2.75, 3.05) is 32.2 Å². The third-order valence-electron chi connectivity index (χ3n) is 4.48. The number of carbonyl (C=O) groups is 1. The number of fused-ring (bicyclic) bond motifs is 1. The van der Waals surface area contributed by atoms with Crippen molar-refractivity contribution in [1.82, 2.24) is 5.32 Å². The van der Waals surface area contributed by atoms with Gasteiger partial charge in [0.25, 0.3) is 0 Å². The van der Waals surface area contributed by atoms with Gasteiger partial charge in [0.2, 0.25) is 5.91 Å². The Morgan fingerprint density at radius 1 is 1.12 bits per heavy atom. The zero-order valence-electron chi connectivity index (χ0n) is 14.7. The maximum Gasteiger partial charge on any atom is 0.228 e. The molecule has 0 bridgehead atoms. The second-order valence-corrected chi connectivity index (χ2v) is 6.04. The molecule has 2 aromatic carbocycles. The highest BCUT2D eigenvalue weighted by molar-refractivity contribution is 5.95. The molecule has 0 saturated carbocycles. The van der Waals surface area contributed by atoms with Crippen molar-refractivity contribution in [2.45, 2.75) is 19.4 Å². The summed E-state index contributed by atoms with van der Waals surface area (Å²) < 4.78 is 10.5. The molecule has 1 aliphatic heterocycles. The summed E-state index contributed by atoms with van der Waals surface area (Å²) in [5.41, 5.74) is 3.41. The largest absolute Gasteiger partial charge is 0.493 e. The van der Waals surface area contributed by atoms with Crippen LogP contribution in [0.25, 0.3) is 0 Å². The molecule has 2 aromatic rings. The number of benzene rings is 2. The number of anilines is 1. The molecule has 0 spiro atoms. The van der Waals surface area contributed by atoms with Crippen LogP contribution in [0.1, 0.15) is 17.5 Å². The Morgan fingerprint density at radius 2 is 1.92 bits per heavy atom. The van der Waals surface area contributed by atoms with E-state index in [0.29, 0.717) is 31.0 Å². The molecule has 1 N–H and O–H groups in total. The maximum atomic E-state index is 12.5. The summed E-state index contributed by atoms with van der Waals surface area (Å²) in [5, 5.41) is 3.32. The molecule has 5 heteroatoms. The van der Waals surface area contributed by atoms with Crippen LogP contribution >= 0.6 is 0 Å². The number of ether oxygens (including phenoxy) is 2. The average Bonchev–Trinajstić information content (AvgIpc) is 3.09. The summed E-state index contributed by atoms with van der Waals surface area (Å²) >= 11 is 0. The Hall–Kier alpha value is -2.53. The summed E-state index contributed by atoms with van der Waals surface area (Å²) in [6, 6.07) is 14.0. The summed E-state index contributed by atoms with van der Waals surface area (Å²) in [6.45, 7) is 2.12. The number of carbonyl (C=O) groups excluding carboxylic acids is 1. The third kappa shape index (κ3) is 3.94. The van der Waals surface area contributed by atoms with Crippen LogP contribution in [0.2, 0.25) is 0 Å². The highest BCUT2D eigenvalue weighted by Crippen LogP contribution is 2.28. The van der Waals surface area contributed by atoms with Crippen LogP contribution in [-0.4, -0.2) is 33.2 Å². The van der Waals surface area contributed by atoms with Gasteiger partial charge in [-0.3, -0.25) is 4.79 Å². The number of amides is 1. The number of rotatable bonds is 7. The fourth-order valence-electron chi connectivity index (χ4n) is 3.15. The van der Waals surface area contributed by atoms with Crippen molar-refractivity contribution in [3.8, 4) is 11.5 Å². The Balaban J connectivity index is 1.48. The molecule has 1 amide bonds. The lowest BCUT2D eigenvalue weighted by Gasteiger charge is -2.17. The lowest BCUT2D eigenvalue weighted by Crippen LogP contribution is -2.31. The Labute approximate surface area is 148 Å². The molecule has 132 valence electrons. The van der Waals surface area contributed by atoms with Gasteiger partial charge in [-0.2, -0.15) is 0 Å². The topological polar surface area (TPSA) is 50.8 Å². The Bertz CT molecular complexity index is 745. The van der Waals surface area contributed by atoms with Crippen LogP contribution in [0, 0.1) is 0 Å². The lowest BCUT2D eigenvalue weighted by molar-refractivity contribution is -0.118. The van der Waals surface area contributed by atoms with Gasteiger partial charge in [-0.1, -0.05) is 24.3 Å². The molecule has 0 atom stereocenters. The molecule has 3 rings (SSSR count).